The zero-order valence-corrected chi connectivity index (χ0v) is 55.1. The molecule has 4 saturated heterocycles. The number of rotatable bonds is 29. The minimum absolute atomic E-state index is 0.0434. The summed E-state index contributed by atoms with van der Waals surface area (Å²) in [7, 11) is 0. The molecule has 516 valence electrons. The molecule has 16 atom stereocenters. The number of amides is 1. The molecule has 0 aliphatic carbocycles. The predicted molar refractivity (Wildman–Crippen MR) is 363 cm³/mol. The lowest BCUT2D eigenvalue weighted by molar-refractivity contribution is -0.388. The Bertz CT molecular complexity index is 3990. The van der Waals surface area contributed by atoms with Gasteiger partial charge in [-0.15, -0.1) is 0 Å². The molecule has 1 N–H and O–H groups in total. The molecule has 1 amide bonds. The Hall–Kier alpha value is -8.84. The SMILES string of the molecule is CC(=O)OC1C(C)OC(O[C@@H]2[C@@H](N=[N+]=[N-])[C@@H](O[C@@H]3[C@H](OCc4ccc5ccccc5c4)[C@@H](OCc4ccc5ccccc5c4)[C@@H](OCCCCCN(Cc4ccccc4)C(=O)OCc4ccccc4)O[C@@H]3COCc3ccccc3)O[C@@H]3CO[C@H](c4ccccc4)O[C@H]23)C(N=[N+]=[N-])C1O. The maximum absolute atomic E-state index is 13.8. The van der Waals surface area contributed by atoms with Crippen molar-refractivity contribution < 1.29 is 76.3 Å². The van der Waals surface area contributed by atoms with Gasteiger partial charge in [0, 0.05) is 42.0 Å². The molecule has 0 spiro atoms. The summed E-state index contributed by atoms with van der Waals surface area (Å²) in [6.45, 7) is 4.00. The van der Waals surface area contributed by atoms with Gasteiger partial charge in [0.05, 0.1) is 39.1 Å². The highest BCUT2D eigenvalue weighted by Crippen LogP contribution is 2.42. The Morgan fingerprint density at radius 3 is 1.75 bits per heavy atom. The number of fused-ring (bicyclic) bond motifs is 3. The highest BCUT2D eigenvalue weighted by molar-refractivity contribution is 5.83. The van der Waals surface area contributed by atoms with Crippen LogP contribution in [0.25, 0.3) is 42.4 Å². The number of azide groups is 2. The molecule has 23 heteroatoms. The average Bonchev–Trinajstić information content (AvgIpc) is 0.757. The maximum atomic E-state index is 13.8. The molecule has 5 unspecified atom stereocenters. The molecule has 99 heavy (non-hydrogen) atoms. The van der Waals surface area contributed by atoms with E-state index in [0.717, 1.165) is 49.4 Å². The number of hydrogen-bond donors (Lipinski definition) is 1. The molecule has 12 rings (SSSR count). The van der Waals surface area contributed by atoms with Crippen molar-refractivity contribution in [2.75, 3.05) is 26.4 Å². The van der Waals surface area contributed by atoms with Crippen LogP contribution >= 0.6 is 0 Å². The zero-order valence-electron chi connectivity index (χ0n) is 55.1. The van der Waals surface area contributed by atoms with Crippen LogP contribution in [0.4, 0.5) is 4.79 Å². The van der Waals surface area contributed by atoms with E-state index in [1.807, 2.05) is 194 Å². The van der Waals surface area contributed by atoms with Crippen LogP contribution in [0.15, 0.2) is 216 Å². The first-order valence-electron chi connectivity index (χ1n) is 33.5. The third kappa shape index (κ3) is 18.3. The average molecular weight is 1350 g/mol. The molecule has 0 aromatic heterocycles. The number of hydrogen-bond acceptors (Lipinski definition) is 18. The Morgan fingerprint density at radius 2 is 1.11 bits per heavy atom. The van der Waals surface area contributed by atoms with E-state index in [-0.39, 0.29) is 46.2 Å². The van der Waals surface area contributed by atoms with Crippen molar-refractivity contribution in [3.8, 4) is 0 Å². The fourth-order valence-electron chi connectivity index (χ4n) is 13.0. The van der Waals surface area contributed by atoms with Gasteiger partial charge in [-0.25, -0.2) is 4.79 Å². The minimum atomic E-state index is -1.61. The van der Waals surface area contributed by atoms with Crippen LogP contribution in [0.3, 0.4) is 0 Å². The number of esters is 1. The molecule has 4 aliphatic rings. The Kier molecular flexibility index (Phi) is 24.6. The van der Waals surface area contributed by atoms with Crippen molar-refractivity contribution in [3.63, 3.8) is 0 Å². The largest absolute Gasteiger partial charge is 0.457 e. The quantitative estimate of drug-likeness (QED) is 0.0150. The summed E-state index contributed by atoms with van der Waals surface area (Å²) in [6.07, 6.45) is -15.4. The summed E-state index contributed by atoms with van der Waals surface area (Å²) in [4.78, 5) is 34.2. The molecule has 0 radical (unpaired) electrons. The number of aliphatic hydroxyl groups excluding tert-OH is 1. The third-order valence-corrected chi connectivity index (χ3v) is 17.9. The maximum Gasteiger partial charge on any atom is 0.410 e. The molecule has 8 aromatic rings. The van der Waals surface area contributed by atoms with Gasteiger partial charge in [0.2, 0.25) is 0 Å². The summed E-state index contributed by atoms with van der Waals surface area (Å²) in [5.41, 5.74) is 25.7. The number of aliphatic hydroxyl groups is 1. The van der Waals surface area contributed by atoms with Crippen LogP contribution in [0.1, 0.15) is 72.8 Å². The highest BCUT2D eigenvalue weighted by Gasteiger charge is 2.57. The van der Waals surface area contributed by atoms with Crippen LogP contribution in [0.2, 0.25) is 0 Å². The van der Waals surface area contributed by atoms with Crippen molar-refractivity contribution in [3.05, 3.63) is 261 Å². The number of nitrogens with zero attached hydrogens (tertiary/aromatic N) is 7. The summed E-state index contributed by atoms with van der Waals surface area (Å²) in [5, 5.41) is 24.2. The molecular formula is C76H81N7O16. The van der Waals surface area contributed by atoms with Crippen molar-refractivity contribution in [1.29, 1.82) is 0 Å². The lowest BCUT2D eigenvalue weighted by Crippen LogP contribution is -2.67. The zero-order chi connectivity index (χ0) is 68.3. The summed E-state index contributed by atoms with van der Waals surface area (Å²) < 4.78 is 87.2. The van der Waals surface area contributed by atoms with Gasteiger partial charge < -0.3 is 71.6 Å². The second kappa shape index (κ2) is 34.8. The Labute approximate surface area is 573 Å². The first-order valence-corrected chi connectivity index (χ1v) is 33.5. The number of carbonyl (C=O) groups excluding carboxylic acids is 2. The van der Waals surface area contributed by atoms with Crippen LogP contribution in [-0.2, 0) is 99.3 Å². The Morgan fingerprint density at radius 1 is 0.545 bits per heavy atom. The fraction of sp³-hybridized carbons (Fsp3) is 0.395. The van der Waals surface area contributed by atoms with Crippen LogP contribution in [-0.4, -0.2) is 140 Å². The van der Waals surface area contributed by atoms with E-state index in [1.165, 1.54) is 6.92 Å². The number of benzene rings is 8. The first-order chi connectivity index (χ1) is 48.5. The van der Waals surface area contributed by atoms with Crippen LogP contribution < -0.4 is 0 Å². The summed E-state index contributed by atoms with van der Waals surface area (Å²) >= 11 is 0. The van der Waals surface area contributed by atoms with E-state index in [0.29, 0.717) is 37.9 Å². The topological polar surface area (TPSA) is 275 Å². The number of unbranched alkanes of at least 4 members (excludes halogenated alkanes) is 2. The lowest BCUT2D eigenvalue weighted by Gasteiger charge is -2.52. The van der Waals surface area contributed by atoms with E-state index in [2.05, 4.69) is 32.2 Å². The minimum Gasteiger partial charge on any atom is -0.457 e. The molecule has 8 aromatic carbocycles. The number of carbonyl (C=O) groups is 2. The van der Waals surface area contributed by atoms with Gasteiger partial charge >= 0.3 is 12.1 Å². The smallest absolute Gasteiger partial charge is 0.410 e. The second-order valence-electron chi connectivity index (χ2n) is 24.9. The van der Waals surface area contributed by atoms with Gasteiger partial charge in [0.25, 0.3) is 0 Å². The van der Waals surface area contributed by atoms with Gasteiger partial charge in [-0.2, -0.15) is 0 Å². The van der Waals surface area contributed by atoms with E-state index < -0.39 is 110 Å². The van der Waals surface area contributed by atoms with Gasteiger partial charge in [0.1, 0.15) is 67.5 Å². The lowest BCUT2D eigenvalue weighted by atomic mass is 9.93. The molecule has 23 nitrogen and oxygen atoms in total. The van der Waals surface area contributed by atoms with Crippen LogP contribution in [0.5, 0.6) is 0 Å². The van der Waals surface area contributed by atoms with Crippen molar-refractivity contribution >= 4 is 33.6 Å². The number of ether oxygens (including phenoxy) is 13. The molecule has 0 saturated carbocycles. The van der Waals surface area contributed by atoms with Crippen LogP contribution in [0, 0.1) is 0 Å². The molecular weight excluding hydrogens is 1270 g/mol. The molecule has 4 heterocycles. The van der Waals surface area contributed by atoms with Crippen molar-refractivity contribution in [1.82, 2.24) is 4.90 Å². The van der Waals surface area contributed by atoms with E-state index in [4.69, 9.17) is 61.6 Å². The molecule has 4 fully saturated rings. The summed E-state index contributed by atoms with van der Waals surface area (Å²) in [5.74, 6) is -0.699. The summed E-state index contributed by atoms with van der Waals surface area (Å²) in [6, 6.07) is 63.6. The highest BCUT2D eigenvalue weighted by atomic mass is 16.8. The van der Waals surface area contributed by atoms with E-state index in [9.17, 15) is 25.8 Å². The standard InChI is InChI=1S/C76H81N7O16/c1-49-66(94-50(2)84)65(85)63(79-81-77)73(93-49)99-69-64(80-82-78)74(95-62-48-91-72(97-67(62)69)58-30-14-6-15-31-58)98-68-61(47-87-43-52-24-10-4-11-25-52)96-75(88-39-21-7-20-38-83(42-51-22-8-3-9-23-51)76(86)92-44-53-26-12-5-13-27-53)71(90-46-55-35-37-57-29-17-19-33-60(57)41-55)70(68)89-45-54-34-36-56-28-16-18-32-59(56)40-54/h3-6,8-19,22-37,40-41,49,61-75,85H,7,20-21,38-39,42-48H2,1-2H3/t49?,61-,62-,63?,64-,65?,66?,67+,68+,69-,70+,71-,72+,73?,74-,75+/m1/s1. The van der Waals surface area contributed by atoms with Crippen molar-refractivity contribution in [2.45, 2.75) is 164 Å². The van der Waals surface area contributed by atoms with Gasteiger partial charge in [-0.1, -0.05) is 204 Å². The monoisotopic (exact) mass is 1350 g/mol. The molecule has 0 bridgehead atoms. The Balaban J connectivity index is 0.883. The van der Waals surface area contributed by atoms with Crippen molar-refractivity contribution in [2.24, 2.45) is 10.2 Å². The normalized spacial score (nSPS) is 26.7. The second-order valence-corrected chi connectivity index (χ2v) is 24.9. The van der Waals surface area contributed by atoms with E-state index in [1.54, 1.807) is 11.8 Å². The molecule has 4 aliphatic heterocycles. The third-order valence-electron chi connectivity index (χ3n) is 17.9. The predicted octanol–water partition coefficient (Wildman–Crippen LogP) is 13.4. The fourth-order valence-corrected chi connectivity index (χ4v) is 13.0. The van der Waals surface area contributed by atoms with E-state index >= 15 is 0 Å². The van der Waals surface area contributed by atoms with Gasteiger partial charge in [-0.3, -0.25) is 4.79 Å². The van der Waals surface area contributed by atoms with Gasteiger partial charge in [0.15, 0.2) is 31.3 Å². The van der Waals surface area contributed by atoms with Gasteiger partial charge in [-0.05, 0) is 98.7 Å². The first kappa shape index (κ1) is 70.0.